The molecular formula is C15H14ClN5O3S. The lowest BCUT2D eigenvalue weighted by Crippen LogP contribution is -2.50. The summed E-state index contributed by atoms with van der Waals surface area (Å²) < 4.78 is 34.9. The molecule has 0 spiro atoms. The Labute approximate surface area is 149 Å². The number of aromatic nitrogens is 3. The molecule has 3 heterocycles. The predicted octanol–water partition coefficient (Wildman–Crippen LogP) is 1.34. The van der Waals surface area contributed by atoms with Crippen molar-refractivity contribution in [3.8, 4) is 6.07 Å². The molecule has 8 nitrogen and oxygen atoms in total. The van der Waals surface area contributed by atoms with Crippen LogP contribution >= 0.6 is 11.6 Å². The molecule has 10 heteroatoms. The van der Waals surface area contributed by atoms with E-state index in [0.29, 0.717) is 25.1 Å². The molecule has 2 atom stereocenters. The van der Waals surface area contributed by atoms with Crippen LogP contribution in [0, 0.1) is 11.3 Å². The van der Waals surface area contributed by atoms with Crippen LogP contribution in [0.4, 0.5) is 0 Å². The fraction of sp³-hybridized carbons (Fsp3) is 0.400. The Morgan fingerprint density at radius 1 is 1.40 bits per heavy atom. The first kappa shape index (κ1) is 16.5. The van der Waals surface area contributed by atoms with E-state index in [2.05, 4.69) is 10.3 Å². The highest BCUT2D eigenvalue weighted by Gasteiger charge is 2.40. The summed E-state index contributed by atoms with van der Waals surface area (Å²) in [5, 5.41) is 16.9. The third-order valence-corrected chi connectivity index (χ3v) is 6.92. The van der Waals surface area contributed by atoms with Gasteiger partial charge < -0.3 is 4.74 Å². The van der Waals surface area contributed by atoms with Gasteiger partial charge in [-0.15, -0.1) is 5.10 Å². The Morgan fingerprint density at radius 3 is 3.00 bits per heavy atom. The van der Waals surface area contributed by atoms with Crippen molar-refractivity contribution >= 4 is 21.6 Å². The normalized spacial score (nSPS) is 23.5. The Balaban J connectivity index is 1.60. The molecule has 2 aromatic rings. The summed E-state index contributed by atoms with van der Waals surface area (Å²) in [5.41, 5.74) is 1.21. The summed E-state index contributed by atoms with van der Waals surface area (Å²) >= 11 is 6.09. The molecule has 25 heavy (non-hydrogen) atoms. The molecule has 0 saturated carbocycles. The van der Waals surface area contributed by atoms with Crippen molar-refractivity contribution < 1.29 is 13.2 Å². The van der Waals surface area contributed by atoms with Crippen LogP contribution in [0.5, 0.6) is 0 Å². The van der Waals surface area contributed by atoms with Gasteiger partial charge >= 0.3 is 0 Å². The van der Waals surface area contributed by atoms with E-state index in [4.69, 9.17) is 21.6 Å². The quantitative estimate of drug-likeness (QED) is 0.780. The molecule has 1 fully saturated rings. The van der Waals surface area contributed by atoms with Gasteiger partial charge in [-0.3, -0.25) is 0 Å². The highest BCUT2D eigenvalue weighted by molar-refractivity contribution is 7.89. The Kier molecular flexibility index (Phi) is 4.00. The lowest BCUT2D eigenvalue weighted by atomic mass is 10.0. The monoisotopic (exact) mass is 379 g/mol. The molecular weight excluding hydrogens is 366 g/mol. The van der Waals surface area contributed by atoms with E-state index >= 15 is 0 Å². The summed E-state index contributed by atoms with van der Waals surface area (Å²) in [7, 11) is -3.77. The van der Waals surface area contributed by atoms with Crippen molar-refractivity contribution in [3.63, 3.8) is 0 Å². The smallest absolute Gasteiger partial charge is 0.244 e. The first-order valence-electron chi connectivity index (χ1n) is 7.71. The SMILES string of the molecule is N#Cc1ccc(S(=O)(=O)N2CC[C@H]3[C@H](C2)OCc2cnnn23)c(Cl)c1. The average molecular weight is 380 g/mol. The van der Waals surface area contributed by atoms with Gasteiger partial charge in [0.1, 0.15) is 4.90 Å². The highest BCUT2D eigenvalue weighted by atomic mass is 35.5. The Hall–Kier alpha value is -1.99. The van der Waals surface area contributed by atoms with Crippen molar-refractivity contribution in [1.82, 2.24) is 19.3 Å². The second-order valence-electron chi connectivity index (χ2n) is 6.00. The van der Waals surface area contributed by atoms with Crippen LogP contribution in [0.25, 0.3) is 0 Å². The van der Waals surface area contributed by atoms with Crippen molar-refractivity contribution in [2.75, 3.05) is 13.1 Å². The number of fused-ring (bicyclic) bond motifs is 3. The number of halogens is 1. The minimum absolute atomic E-state index is 0.00358. The molecule has 0 aliphatic carbocycles. The van der Waals surface area contributed by atoms with Gasteiger partial charge in [-0.2, -0.15) is 9.57 Å². The van der Waals surface area contributed by atoms with Gasteiger partial charge in [0.25, 0.3) is 0 Å². The van der Waals surface area contributed by atoms with Crippen molar-refractivity contribution in [3.05, 3.63) is 40.7 Å². The number of nitriles is 1. The average Bonchev–Trinajstić information content (AvgIpc) is 3.10. The van der Waals surface area contributed by atoms with Crippen LogP contribution in [0.1, 0.15) is 23.7 Å². The van der Waals surface area contributed by atoms with Crippen molar-refractivity contribution in [2.45, 2.75) is 30.1 Å². The molecule has 1 aromatic carbocycles. The second-order valence-corrected chi connectivity index (χ2v) is 8.31. The van der Waals surface area contributed by atoms with Crippen LogP contribution in [0.3, 0.4) is 0 Å². The van der Waals surface area contributed by atoms with Crippen LogP contribution < -0.4 is 0 Å². The predicted molar refractivity (Wildman–Crippen MR) is 87.2 cm³/mol. The van der Waals surface area contributed by atoms with Crippen LogP contribution in [0.2, 0.25) is 5.02 Å². The summed E-state index contributed by atoms with van der Waals surface area (Å²) in [4.78, 5) is 0.00358. The fourth-order valence-electron chi connectivity index (χ4n) is 3.30. The van der Waals surface area contributed by atoms with Gasteiger partial charge in [0.2, 0.25) is 10.0 Å². The number of sulfonamides is 1. The maximum Gasteiger partial charge on any atom is 0.244 e. The van der Waals surface area contributed by atoms with Crippen LogP contribution in [0.15, 0.2) is 29.3 Å². The number of piperidine rings is 1. The zero-order valence-electron chi connectivity index (χ0n) is 13.0. The molecule has 0 N–H and O–H groups in total. The van der Waals surface area contributed by atoms with Crippen LogP contribution in [-0.4, -0.2) is 46.9 Å². The second kappa shape index (κ2) is 6.07. The fourth-order valence-corrected chi connectivity index (χ4v) is 5.28. The number of benzene rings is 1. The molecule has 2 aliphatic rings. The van der Waals surface area contributed by atoms with E-state index in [9.17, 15) is 8.42 Å². The standard InChI is InChI=1S/C15H14ClN5O3S/c16-12-5-10(6-17)1-2-15(12)25(22,23)20-4-3-13-14(8-20)24-9-11-7-18-19-21(11)13/h1-2,5,7,13-14H,3-4,8-9H2/t13-,14-/m0/s1. The zero-order valence-corrected chi connectivity index (χ0v) is 14.6. The van der Waals surface area contributed by atoms with E-state index in [0.717, 1.165) is 5.69 Å². The van der Waals surface area contributed by atoms with Gasteiger partial charge in [-0.25, -0.2) is 13.1 Å². The maximum atomic E-state index is 12.9. The highest BCUT2D eigenvalue weighted by Crippen LogP contribution is 2.34. The molecule has 0 amide bonds. The summed E-state index contributed by atoms with van der Waals surface area (Å²) in [6.07, 6.45) is 1.96. The molecule has 4 rings (SSSR count). The Bertz CT molecular complexity index is 968. The van der Waals surface area contributed by atoms with E-state index in [1.54, 1.807) is 6.20 Å². The van der Waals surface area contributed by atoms with E-state index < -0.39 is 10.0 Å². The molecule has 1 saturated heterocycles. The number of nitrogens with zero attached hydrogens (tertiary/aromatic N) is 5. The number of rotatable bonds is 2. The van der Waals surface area contributed by atoms with Gasteiger partial charge in [-0.05, 0) is 24.6 Å². The first-order valence-corrected chi connectivity index (χ1v) is 9.53. The number of hydrogen-bond acceptors (Lipinski definition) is 6. The lowest BCUT2D eigenvalue weighted by Gasteiger charge is -2.40. The third kappa shape index (κ3) is 2.71. The minimum Gasteiger partial charge on any atom is -0.368 e. The van der Waals surface area contributed by atoms with Crippen molar-refractivity contribution in [1.29, 1.82) is 5.26 Å². The van der Waals surface area contributed by atoms with Gasteiger partial charge in [0, 0.05) is 13.1 Å². The summed E-state index contributed by atoms with van der Waals surface area (Å²) in [6.45, 7) is 0.921. The molecule has 0 radical (unpaired) electrons. The topological polar surface area (TPSA) is 101 Å². The van der Waals surface area contributed by atoms with E-state index in [1.165, 1.54) is 22.5 Å². The molecule has 0 bridgehead atoms. The molecule has 1 aromatic heterocycles. The maximum absolute atomic E-state index is 12.9. The number of ether oxygens (including phenoxy) is 1. The molecule has 0 unspecified atom stereocenters. The van der Waals surface area contributed by atoms with Crippen LogP contribution in [-0.2, 0) is 21.4 Å². The molecule has 130 valence electrons. The van der Waals surface area contributed by atoms with Gasteiger partial charge in [0.05, 0.1) is 47.3 Å². The van der Waals surface area contributed by atoms with Gasteiger partial charge in [-0.1, -0.05) is 16.8 Å². The third-order valence-electron chi connectivity index (χ3n) is 4.57. The number of hydrogen-bond donors (Lipinski definition) is 0. The largest absolute Gasteiger partial charge is 0.368 e. The summed E-state index contributed by atoms with van der Waals surface area (Å²) in [5.74, 6) is 0. The zero-order chi connectivity index (χ0) is 17.6. The lowest BCUT2D eigenvalue weighted by molar-refractivity contribution is -0.0543. The van der Waals surface area contributed by atoms with E-state index in [1.807, 2.05) is 10.8 Å². The summed E-state index contributed by atoms with van der Waals surface area (Å²) in [6, 6.07) is 6.11. The molecule has 2 aliphatic heterocycles. The van der Waals surface area contributed by atoms with Crippen molar-refractivity contribution in [2.24, 2.45) is 0 Å². The van der Waals surface area contributed by atoms with Gasteiger partial charge in [0.15, 0.2) is 0 Å². The minimum atomic E-state index is -3.77. The first-order chi connectivity index (χ1) is 12.0. The van der Waals surface area contributed by atoms with E-state index in [-0.39, 0.29) is 28.6 Å². The Morgan fingerprint density at radius 2 is 2.24 bits per heavy atom.